The molecular weight excluding hydrogens is 240 g/mol. The van der Waals surface area contributed by atoms with Crippen molar-refractivity contribution in [3.8, 4) is 6.07 Å². The second-order valence-corrected chi connectivity index (χ2v) is 5.69. The average Bonchev–Trinajstić information content (AvgIpc) is 2.75. The number of nitriles is 1. The highest BCUT2D eigenvalue weighted by Gasteiger charge is 2.44. The Balaban J connectivity index is 1.95. The summed E-state index contributed by atoms with van der Waals surface area (Å²) in [6.07, 6.45) is 1.13. The van der Waals surface area contributed by atoms with Crippen LogP contribution >= 0.6 is 0 Å². The van der Waals surface area contributed by atoms with Crippen LogP contribution in [-0.4, -0.2) is 48.2 Å². The fourth-order valence-electron chi connectivity index (χ4n) is 2.74. The lowest BCUT2D eigenvalue weighted by Crippen LogP contribution is -2.47. The van der Waals surface area contributed by atoms with E-state index < -0.39 is 5.41 Å². The largest absolute Gasteiger partial charge is 0.377 e. The molecule has 1 atom stereocenters. The summed E-state index contributed by atoms with van der Waals surface area (Å²) < 4.78 is 5.20. The highest BCUT2D eigenvalue weighted by Crippen LogP contribution is 2.31. The van der Waals surface area contributed by atoms with E-state index in [2.05, 4.69) is 34.1 Å². The van der Waals surface area contributed by atoms with Gasteiger partial charge in [0.2, 0.25) is 0 Å². The van der Waals surface area contributed by atoms with Gasteiger partial charge in [-0.1, -0.05) is 0 Å². The highest BCUT2D eigenvalue weighted by atomic mass is 16.5. The van der Waals surface area contributed by atoms with Gasteiger partial charge in [0, 0.05) is 23.9 Å². The van der Waals surface area contributed by atoms with Crippen LogP contribution in [0.15, 0.2) is 6.07 Å². The Labute approximate surface area is 113 Å². The first kappa shape index (κ1) is 12.5. The maximum absolute atomic E-state index is 9.36. The molecule has 0 saturated carbocycles. The quantitative estimate of drug-likeness (QED) is 0.792. The van der Waals surface area contributed by atoms with Crippen molar-refractivity contribution in [1.82, 2.24) is 14.9 Å². The zero-order chi connectivity index (χ0) is 13.5. The molecule has 19 heavy (non-hydrogen) atoms. The molecule has 5 heteroatoms. The van der Waals surface area contributed by atoms with E-state index in [1.54, 1.807) is 0 Å². The number of ether oxygens (including phenoxy) is 1. The molecule has 0 bridgehead atoms. The fraction of sp³-hybridized carbons (Fsp3) is 0.643. The van der Waals surface area contributed by atoms with E-state index in [1.165, 1.54) is 0 Å². The average molecular weight is 258 g/mol. The number of aromatic nitrogens is 2. The lowest BCUT2D eigenvalue weighted by atomic mass is 9.86. The Kier molecular flexibility index (Phi) is 3.00. The Morgan fingerprint density at radius 2 is 2.26 bits per heavy atom. The third-order valence-electron chi connectivity index (χ3n) is 4.02. The first-order valence-electron chi connectivity index (χ1n) is 6.66. The monoisotopic (exact) mass is 258 g/mol. The first-order chi connectivity index (χ1) is 9.13. The summed E-state index contributed by atoms with van der Waals surface area (Å²) in [5.74, 6) is 1.10. The Hall–Kier alpha value is -1.51. The van der Waals surface area contributed by atoms with Crippen LogP contribution < -0.4 is 0 Å². The van der Waals surface area contributed by atoms with Crippen molar-refractivity contribution in [1.29, 1.82) is 5.26 Å². The minimum Gasteiger partial charge on any atom is -0.377 e. The molecule has 2 aliphatic rings. The van der Waals surface area contributed by atoms with Gasteiger partial charge < -0.3 is 9.64 Å². The summed E-state index contributed by atoms with van der Waals surface area (Å²) in [6, 6.07) is 4.38. The van der Waals surface area contributed by atoms with Gasteiger partial charge in [-0.05, 0) is 33.0 Å². The van der Waals surface area contributed by atoms with Crippen LogP contribution in [0.25, 0.3) is 0 Å². The van der Waals surface area contributed by atoms with Crippen LogP contribution in [0.5, 0.6) is 0 Å². The Morgan fingerprint density at radius 1 is 1.47 bits per heavy atom. The van der Waals surface area contributed by atoms with Crippen molar-refractivity contribution in [3.63, 3.8) is 0 Å². The van der Waals surface area contributed by atoms with Crippen LogP contribution in [-0.2, 0) is 10.2 Å². The van der Waals surface area contributed by atoms with E-state index in [1.807, 2.05) is 6.92 Å². The zero-order valence-electron chi connectivity index (χ0n) is 11.4. The molecule has 0 spiro atoms. The van der Waals surface area contributed by atoms with E-state index in [0.29, 0.717) is 25.0 Å². The predicted octanol–water partition coefficient (Wildman–Crippen LogP) is 0.996. The van der Waals surface area contributed by atoms with Gasteiger partial charge in [0.25, 0.3) is 0 Å². The molecule has 3 rings (SSSR count). The van der Waals surface area contributed by atoms with Crippen LogP contribution in [0.1, 0.15) is 29.6 Å². The number of nitrogens with zero attached hydrogens (tertiary/aromatic N) is 4. The predicted molar refractivity (Wildman–Crippen MR) is 69.7 cm³/mol. The maximum atomic E-state index is 9.36. The van der Waals surface area contributed by atoms with Crippen molar-refractivity contribution in [2.45, 2.75) is 24.7 Å². The first-order valence-corrected chi connectivity index (χ1v) is 6.66. The molecule has 0 aromatic carbocycles. The molecule has 2 fully saturated rings. The van der Waals surface area contributed by atoms with Crippen molar-refractivity contribution >= 4 is 0 Å². The topological polar surface area (TPSA) is 62.0 Å². The van der Waals surface area contributed by atoms with Gasteiger partial charge in [-0.3, -0.25) is 0 Å². The molecule has 0 amide bonds. The summed E-state index contributed by atoms with van der Waals surface area (Å²) in [5, 5.41) is 9.36. The van der Waals surface area contributed by atoms with Gasteiger partial charge in [0.05, 0.1) is 19.3 Å². The smallest absolute Gasteiger partial charge is 0.163 e. The molecule has 1 unspecified atom stereocenters. The second kappa shape index (κ2) is 4.55. The number of hydrogen-bond acceptors (Lipinski definition) is 5. The third kappa shape index (κ3) is 2.11. The van der Waals surface area contributed by atoms with Crippen molar-refractivity contribution < 1.29 is 4.74 Å². The molecule has 1 aromatic heterocycles. The third-order valence-corrected chi connectivity index (χ3v) is 4.02. The molecule has 2 aliphatic heterocycles. The molecule has 0 N–H and O–H groups in total. The molecule has 0 aliphatic carbocycles. The minimum atomic E-state index is -0.620. The van der Waals surface area contributed by atoms with Crippen LogP contribution in [0.2, 0.25) is 0 Å². The number of aryl methyl sites for hydroxylation is 1. The SMILES string of the molecule is Cc1cc(C2CCN(C)C2)nc(C2(C#N)COC2)n1. The van der Waals surface area contributed by atoms with Crippen LogP contribution in [0, 0.1) is 18.3 Å². The van der Waals surface area contributed by atoms with E-state index in [0.717, 1.165) is 30.9 Å². The maximum Gasteiger partial charge on any atom is 0.163 e. The molecule has 1 aromatic rings. The Morgan fingerprint density at radius 3 is 2.79 bits per heavy atom. The summed E-state index contributed by atoms with van der Waals surface area (Å²) >= 11 is 0. The van der Waals surface area contributed by atoms with E-state index in [4.69, 9.17) is 4.74 Å². The second-order valence-electron chi connectivity index (χ2n) is 5.69. The number of likely N-dealkylation sites (tertiary alicyclic amines) is 1. The number of likely N-dealkylation sites (N-methyl/N-ethyl adjacent to an activating group) is 1. The van der Waals surface area contributed by atoms with E-state index in [9.17, 15) is 5.26 Å². The van der Waals surface area contributed by atoms with Crippen molar-refractivity contribution in [3.05, 3.63) is 23.3 Å². The summed E-state index contributed by atoms with van der Waals surface area (Å²) in [4.78, 5) is 11.5. The standard InChI is InChI=1S/C14H18N4O/c1-10-5-12(11-3-4-18(2)6-11)17-13(16-10)14(7-15)8-19-9-14/h5,11H,3-4,6,8-9H2,1-2H3. The normalized spacial score (nSPS) is 25.8. The molecule has 5 nitrogen and oxygen atoms in total. The van der Waals surface area contributed by atoms with Crippen molar-refractivity contribution in [2.75, 3.05) is 33.4 Å². The lowest BCUT2D eigenvalue weighted by Gasteiger charge is -2.33. The fourth-order valence-corrected chi connectivity index (χ4v) is 2.74. The molecular formula is C14H18N4O. The van der Waals surface area contributed by atoms with Crippen molar-refractivity contribution in [2.24, 2.45) is 0 Å². The van der Waals surface area contributed by atoms with Gasteiger partial charge >= 0.3 is 0 Å². The van der Waals surface area contributed by atoms with Crippen LogP contribution in [0.3, 0.4) is 0 Å². The minimum absolute atomic E-state index is 0.414. The molecule has 2 saturated heterocycles. The summed E-state index contributed by atoms with van der Waals surface area (Å²) in [5.41, 5.74) is 1.40. The number of rotatable bonds is 2. The van der Waals surface area contributed by atoms with E-state index >= 15 is 0 Å². The van der Waals surface area contributed by atoms with E-state index in [-0.39, 0.29) is 0 Å². The molecule has 0 radical (unpaired) electrons. The van der Waals surface area contributed by atoms with Gasteiger partial charge in [-0.25, -0.2) is 9.97 Å². The highest BCUT2D eigenvalue weighted by molar-refractivity contribution is 5.28. The van der Waals surface area contributed by atoms with Gasteiger partial charge in [0.15, 0.2) is 11.2 Å². The van der Waals surface area contributed by atoms with Gasteiger partial charge in [0.1, 0.15) is 0 Å². The zero-order valence-corrected chi connectivity index (χ0v) is 11.4. The number of hydrogen-bond donors (Lipinski definition) is 0. The molecule has 3 heterocycles. The van der Waals surface area contributed by atoms with Gasteiger partial charge in [-0.15, -0.1) is 0 Å². The summed E-state index contributed by atoms with van der Waals surface area (Å²) in [7, 11) is 2.13. The Bertz CT molecular complexity index is 533. The lowest BCUT2D eigenvalue weighted by molar-refractivity contribution is -0.0341. The van der Waals surface area contributed by atoms with Gasteiger partial charge in [-0.2, -0.15) is 5.26 Å². The molecule has 100 valence electrons. The summed E-state index contributed by atoms with van der Waals surface area (Å²) in [6.45, 7) is 4.94. The van der Waals surface area contributed by atoms with Crippen LogP contribution in [0.4, 0.5) is 0 Å².